The van der Waals surface area contributed by atoms with Crippen molar-refractivity contribution in [3.8, 4) is 5.75 Å². The Balaban J connectivity index is 3.02. The Morgan fingerprint density at radius 3 is 2.17 bits per heavy atom. The van der Waals surface area contributed by atoms with E-state index in [2.05, 4.69) is 4.74 Å². The maximum absolute atomic E-state index is 12.2. The highest BCUT2D eigenvalue weighted by Crippen LogP contribution is 2.42. The lowest BCUT2D eigenvalue weighted by Gasteiger charge is -2.14. The van der Waals surface area contributed by atoms with Gasteiger partial charge in [-0.1, -0.05) is 0 Å². The van der Waals surface area contributed by atoms with Gasteiger partial charge in [-0.05, 0) is 30.0 Å². The predicted octanol–water partition coefficient (Wildman–Crippen LogP) is 3.48. The number of ether oxygens (including phenoxy) is 1. The number of nitrogens with one attached hydrogen (secondary N) is 1. The Hall–Kier alpha value is -1.29. The minimum absolute atomic E-state index is 0.160. The Morgan fingerprint density at radius 2 is 1.72 bits per heavy atom. The van der Waals surface area contributed by atoms with Crippen LogP contribution in [0, 0.1) is 0 Å². The van der Waals surface area contributed by atoms with Crippen LogP contribution >= 0.6 is 11.8 Å². The number of nitrogens with two attached hydrogens (primary N) is 1. The van der Waals surface area contributed by atoms with Gasteiger partial charge < -0.3 is 10.2 Å². The lowest BCUT2D eigenvalue weighted by Crippen LogP contribution is -2.17. The fourth-order valence-electron chi connectivity index (χ4n) is 1.03. The zero-order chi connectivity index (χ0) is 14.0. The Morgan fingerprint density at radius 1 is 1.11 bits per heavy atom. The molecule has 1 rings (SSSR count). The minimum atomic E-state index is -4.97. The normalized spacial score (nSPS) is 12.4. The molecule has 0 saturated heterocycles. The highest BCUT2D eigenvalue weighted by atomic mass is 32.2. The largest absolute Gasteiger partial charge is 0.573 e. The van der Waals surface area contributed by atoms with E-state index in [0.29, 0.717) is 6.07 Å². The maximum atomic E-state index is 12.2. The molecule has 0 saturated carbocycles. The third kappa shape index (κ3) is 4.92. The smallest absolute Gasteiger partial charge is 0.406 e. The summed E-state index contributed by atoms with van der Waals surface area (Å²) in [5.41, 5.74) is -2.86. The van der Waals surface area contributed by atoms with E-state index in [9.17, 15) is 26.3 Å². The van der Waals surface area contributed by atoms with Crippen LogP contribution in [-0.2, 0) is 0 Å². The van der Waals surface area contributed by atoms with Crippen molar-refractivity contribution in [2.24, 2.45) is 5.84 Å². The number of thioether (sulfide) groups is 1. The van der Waals surface area contributed by atoms with E-state index in [1.165, 1.54) is 0 Å². The van der Waals surface area contributed by atoms with Gasteiger partial charge in [0, 0.05) is 4.90 Å². The first-order chi connectivity index (χ1) is 8.11. The Kier molecular flexibility index (Phi) is 4.22. The molecule has 0 heterocycles. The molecule has 102 valence electrons. The molecule has 0 amide bonds. The Bertz CT molecular complexity index is 419. The highest BCUT2D eigenvalue weighted by Gasteiger charge is 2.33. The summed E-state index contributed by atoms with van der Waals surface area (Å²) in [6.07, 6.45) is -4.97. The van der Waals surface area contributed by atoms with Crippen molar-refractivity contribution in [1.29, 1.82) is 0 Å². The van der Waals surface area contributed by atoms with Gasteiger partial charge in [0.1, 0.15) is 5.75 Å². The van der Waals surface area contributed by atoms with Crippen molar-refractivity contribution in [3.63, 3.8) is 0 Å². The van der Waals surface area contributed by atoms with Crippen LogP contribution in [0.4, 0.5) is 32.0 Å². The molecule has 1 aromatic carbocycles. The number of hydrogen-bond acceptors (Lipinski definition) is 4. The first kappa shape index (κ1) is 14.8. The second-order valence-electron chi connectivity index (χ2n) is 2.90. The monoisotopic (exact) mass is 292 g/mol. The fraction of sp³-hybridized carbons (Fsp3) is 0.250. The molecule has 3 nitrogen and oxygen atoms in total. The summed E-state index contributed by atoms with van der Waals surface area (Å²) in [7, 11) is 0. The van der Waals surface area contributed by atoms with E-state index >= 15 is 0 Å². The topological polar surface area (TPSA) is 47.3 Å². The lowest BCUT2D eigenvalue weighted by atomic mass is 10.3. The second kappa shape index (κ2) is 5.14. The van der Waals surface area contributed by atoms with Crippen molar-refractivity contribution in [1.82, 2.24) is 0 Å². The third-order valence-corrected chi connectivity index (χ3v) is 2.36. The van der Waals surface area contributed by atoms with E-state index in [1.807, 2.05) is 5.43 Å². The summed E-state index contributed by atoms with van der Waals surface area (Å²) in [5.74, 6) is 4.20. The Labute approximate surface area is 101 Å². The number of nitrogen functional groups attached to an aromatic ring is 1. The molecule has 0 aliphatic rings. The molecule has 0 bridgehead atoms. The van der Waals surface area contributed by atoms with Crippen molar-refractivity contribution >= 4 is 17.4 Å². The van der Waals surface area contributed by atoms with Crippen LogP contribution in [-0.4, -0.2) is 11.9 Å². The quantitative estimate of drug-likeness (QED) is 0.387. The molecular weight excluding hydrogens is 286 g/mol. The van der Waals surface area contributed by atoms with Gasteiger partial charge in [0.25, 0.3) is 0 Å². The summed E-state index contributed by atoms with van der Waals surface area (Å²) in [6, 6.07) is 2.40. The lowest BCUT2D eigenvalue weighted by molar-refractivity contribution is -0.274. The molecule has 0 aliphatic carbocycles. The van der Waals surface area contributed by atoms with Crippen molar-refractivity contribution < 1.29 is 31.1 Å². The van der Waals surface area contributed by atoms with Crippen LogP contribution in [0.25, 0.3) is 0 Å². The maximum Gasteiger partial charge on any atom is 0.573 e. The van der Waals surface area contributed by atoms with Crippen LogP contribution in [0.15, 0.2) is 23.1 Å². The molecule has 3 N–H and O–H groups in total. The van der Waals surface area contributed by atoms with Gasteiger partial charge in [-0.3, -0.25) is 5.84 Å². The first-order valence-electron chi connectivity index (χ1n) is 4.23. The molecule has 0 fully saturated rings. The second-order valence-corrected chi connectivity index (χ2v) is 4.00. The molecule has 0 spiro atoms. The van der Waals surface area contributed by atoms with E-state index in [4.69, 9.17) is 5.84 Å². The van der Waals surface area contributed by atoms with Gasteiger partial charge in [0.15, 0.2) is 0 Å². The molecule has 18 heavy (non-hydrogen) atoms. The number of benzene rings is 1. The van der Waals surface area contributed by atoms with Crippen LogP contribution < -0.4 is 16.0 Å². The number of rotatable bonds is 3. The fourth-order valence-corrected chi connectivity index (χ4v) is 1.69. The number of hydrogen-bond donors (Lipinski definition) is 2. The van der Waals surface area contributed by atoms with Gasteiger partial charge in [0.05, 0.1) is 5.69 Å². The molecule has 0 aromatic heterocycles. The zero-order valence-corrected chi connectivity index (χ0v) is 9.21. The molecule has 0 unspecified atom stereocenters. The average molecular weight is 292 g/mol. The van der Waals surface area contributed by atoms with E-state index in [0.717, 1.165) is 12.1 Å². The summed E-state index contributed by atoms with van der Waals surface area (Å²) in [5, 5.41) is 0. The van der Waals surface area contributed by atoms with Crippen LogP contribution in [0.2, 0.25) is 0 Å². The van der Waals surface area contributed by atoms with E-state index in [-0.39, 0.29) is 5.69 Å². The predicted molar refractivity (Wildman–Crippen MR) is 52.8 cm³/mol. The van der Waals surface area contributed by atoms with Crippen molar-refractivity contribution in [2.45, 2.75) is 16.8 Å². The van der Waals surface area contributed by atoms with Gasteiger partial charge >= 0.3 is 11.9 Å². The SMILES string of the molecule is NNc1ccc(OC(F)(F)F)cc1SC(F)(F)F. The standard InChI is InChI=1S/C8H6F6N2OS/c9-7(10,11)17-4-1-2-5(16-15)6(3-4)18-8(12,13)14/h1-3,16H,15H2. The number of hydrazine groups is 1. The van der Waals surface area contributed by atoms with Gasteiger partial charge in [-0.2, -0.15) is 13.2 Å². The highest BCUT2D eigenvalue weighted by molar-refractivity contribution is 8.00. The molecule has 10 heteroatoms. The molecule has 1 aromatic rings. The summed E-state index contributed by atoms with van der Waals surface area (Å²) >= 11 is -0.598. The minimum Gasteiger partial charge on any atom is -0.406 e. The zero-order valence-electron chi connectivity index (χ0n) is 8.39. The summed E-state index contributed by atoms with van der Waals surface area (Å²) in [6.45, 7) is 0. The van der Waals surface area contributed by atoms with Gasteiger partial charge in [-0.15, -0.1) is 13.2 Å². The first-order valence-corrected chi connectivity index (χ1v) is 5.04. The summed E-state index contributed by atoms with van der Waals surface area (Å²) in [4.78, 5) is -0.522. The van der Waals surface area contributed by atoms with E-state index in [1.54, 1.807) is 0 Å². The van der Waals surface area contributed by atoms with Crippen LogP contribution in [0.5, 0.6) is 5.75 Å². The molecular formula is C8H6F6N2OS. The van der Waals surface area contributed by atoms with Gasteiger partial charge in [-0.25, -0.2) is 0 Å². The number of halogens is 6. The van der Waals surface area contributed by atoms with Crippen molar-refractivity contribution in [2.75, 3.05) is 5.43 Å². The van der Waals surface area contributed by atoms with Gasteiger partial charge in [0.2, 0.25) is 0 Å². The number of alkyl halides is 6. The summed E-state index contributed by atoms with van der Waals surface area (Å²) < 4.78 is 75.7. The molecule has 0 radical (unpaired) electrons. The molecule has 0 aliphatic heterocycles. The van der Waals surface area contributed by atoms with Crippen LogP contribution in [0.1, 0.15) is 0 Å². The third-order valence-electron chi connectivity index (χ3n) is 1.57. The average Bonchev–Trinajstić information content (AvgIpc) is 2.12. The molecule has 0 atom stereocenters. The number of anilines is 1. The van der Waals surface area contributed by atoms with Crippen molar-refractivity contribution in [3.05, 3.63) is 18.2 Å². The van der Waals surface area contributed by atoms with E-state index < -0.39 is 34.3 Å². The van der Waals surface area contributed by atoms with Crippen LogP contribution in [0.3, 0.4) is 0 Å².